The molecule has 0 saturated heterocycles. The van der Waals surface area contributed by atoms with Gasteiger partial charge in [0.1, 0.15) is 28.7 Å². The third kappa shape index (κ3) is 6.27. The van der Waals surface area contributed by atoms with E-state index in [0.717, 1.165) is 3.97 Å². The van der Waals surface area contributed by atoms with Crippen LogP contribution in [0.25, 0.3) is 10.9 Å². The molecule has 0 atom stereocenters. The minimum absolute atomic E-state index is 0.0351. The molecular weight excluding hydrogens is 606 g/mol. The summed E-state index contributed by atoms with van der Waals surface area (Å²) >= 11 is 5.32. The van der Waals surface area contributed by atoms with Crippen molar-refractivity contribution in [1.82, 2.24) is 3.97 Å². The van der Waals surface area contributed by atoms with Crippen molar-refractivity contribution in [2.45, 2.75) is 11.8 Å². The maximum atomic E-state index is 13.6. The van der Waals surface area contributed by atoms with E-state index in [9.17, 15) is 18.0 Å². The largest absolute Gasteiger partial charge is 0.497 e. The van der Waals surface area contributed by atoms with Gasteiger partial charge >= 0.3 is 0 Å². The maximum Gasteiger partial charge on any atom is 0.268 e. The first kappa shape index (κ1) is 32.1. The predicted octanol–water partition coefficient (Wildman–Crippen LogP) is 6.52. The fourth-order valence-corrected chi connectivity index (χ4v) is 6.37. The fraction of sp³-hybridized carbons (Fsp3) is 0.152. The molecule has 1 heterocycles. The molecule has 0 radical (unpaired) electrons. The van der Waals surface area contributed by atoms with E-state index in [0.29, 0.717) is 45.0 Å². The van der Waals surface area contributed by atoms with Crippen molar-refractivity contribution < 1.29 is 37.0 Å². The van der Waals surface area contributed by atoms with Gasteiger partial charge in [-0.25, -0.2) is 12.4 Å². The Morgan fingerprint density at radius 1 is 0.705 bits per heavy atom. The first-order chi connectivity index (χ1) is 21.1. The zero-order chi connectivity index (χ0) is 32.0. The summed E-state index contributed by atoms with van der Waals surface area (Å²) in [5.41, 5.74) is 1.72. The van der Waals surface area contributed by atoms with Crippen molar-refractivity contribution in [1.29, 1.82) is 0 Å². The van der Waals surface area contributed by atoms with Crippen LogP contribution in [0.1, 0.15) is 32.0 Å². The number of fused-ring (bicyclic) bond motifs is 1. The van der Waals surface area contributed by atoms with Crippen LogP contribution >= 0.6 is 11.6 Å². The highest BCUT2D eigenvalue weighted by atomic mass is 35.5. The highest BCUT2D eigenvalue weighted by Gasteiger charge is 2.29. The normalized spacial score (nSPS) is 10.9. The van der Waals surface area contributed by atoms with Gasteiger partial charge in [-0.05, 0) is 67.1 Å². The van der Waals surface area contributed by atoms with Gasteiger partial charge in [-0.15, -0.1) is 0 Å². The van der Waals surface area contributed by atoms with Gasteiger partial charge in [-0.3, -0.25) is 9.59 Å². The van der Waals surface area contributed by atoms with Crippen molar-refractivity contribution in [2.24, 2.45) is 0 Å². The first-order valence-corrected chi connectivity index (χ1v) is 15.0. The summed E-state index contributed by atoms with van der Waals surface area (Å²) in [6, 6.07) is 24.7. The van der Waals surface area contributed by atoms with Crippen molar-refractivity contribution >= 4 is 43.6 Å². The van der Waals surface area contributed by atoms with Crippen LogP contribution in [0.3, 0.4) is 0 Å². The molecule has 0 amide bonds. The lowest BCUT2D eigenvalue weighted by atomic mass is 10.0. The van der Waals surface area contributed by atoms with Gasteiger partial charge in [0, 0.05) is 17.0 Å². The minimum Gasteiger partial charge on any atom is -0.497 e. The Bertz CT molecular complexity index is 1930. The summed E-state index contributed by atoms with van der Waals surface area (Å²) in [7, 11) is 1.99. The number of carbonyl (C=O) groups excluding carboxylic acids is 2. The molecule has 0 spiro atoms. The molecule has 0 saturated carbocycles. The van der Waals surface area contributed by atoms with Gasteiger partial charge in [0.05, 0.1) is 50.0 Å². The van der Waals surface area contributed by atoms with Gasteiger partial charge in [-0.2, -0.15) is 0 Å². The molecule has 5 aromatic rings. The van der Waals surface area contributed by atoms with E-state index in [-0.39, 0.29) is 16.2 Å². The second-order valence-electron chi connectivity index (χ2n) is 9.31. The number of nitrogens with zero attached hydrogens (tertiary/aromatic N) is 1. The van der Waals surface area contributed by atoms with Crippen LogP contribution in [0.5, 0.6) is 23.0 Å². The van der Waals surface area contributed by atoms with Crippen LogP contribution in [0, 0.1) is 6.92 Å². The number of aromatic nitrogens is 1. The fourth-order valence-electron chi connectivity index (χ4n) is 4.68. The zero-order valence-corrected chi connectivity index (χ0v) is 26.2. The second-order valence-corrected chi connectivity index (χ2v) is 11.4. The molecule has 228 valence electrons. The number of rotatable bonds is 9. The Morgan fingerprint density at radius 2 is 1.34 bits per heavy atom. The number of hydrogen-bond donors (Lipinski definition) is 0. The summed E-state index contributed by atoms with van der Waals surface area (Å²) in [4.78, 5) is 24.6. The summed E-state index contributed by atoms with van der Waals surface area (Å²) in [5.74, 6) is 1.50. The molecule has 0 aliphatic heterocycles. The zero-order valence-electron chi connectivity index (χ0n) is 24.7. The van der Waals surface area contributed by atoms with Gasteiger partial charge in [-0.1, -0.05) is 36.4 Å². The Hall–Kier alpha value is -4.80. The molecule has 0 unspecified atom stereocenters. The number of benzene rings is 4. The number of methoxy groups -OCH3 is 4. The van der Waals surface area contributed by atoms with Crippen LogP contribution in [-0.2, 0) is 10.0 Å². The van der Waals surface area contributed by atoms with E-state index in [1.165, 1.54) is 40.6 Å². The molecular formula is C33H30ClNO8S. The summed E-state index contributed by atoms with van der Waals surface area (Å²) in [6.45, 7) is 1.78. The molecule has 5 rings (SSSR count). The van der Waals surface area contributed by atoms with E-state index < -0.39 is 21.0 Å². The van der Waals surface area contributed by atoms with E-state index in [1.54, 1.807) is 85.8 Å². The number of ketones is 1. The highest BCUT2D eigenvalue weighted by Crippen LogP contribution is 2.35. The molecule has 0 N–H and O–H groups in total. The Balaban J connectivity index is 0.000000285. The standard InChI is InChI=1S/C24H21NO5S.C9H9ClO3/c1-16-22(29-2)14-13-19(24(16)30-3)23(26)21-15-17-9-7-8-12-20(17)25(21)31(27,28)18-10-5-4-6-11-18;1-12-6-3-4-7(9(10)11)8(5-6)13-2/h4-15H,1-3H3;3-5H,1-2H3. The Kier molecular flexibility index (Phi) is 9.97. The number of ether oxygens (including phenoxy) is 4. The molecule has 9 nitrogen and oxygen atoms in total. The van der Waals surface area contributed by atoms with Crippen molar-refractivity contribution in [3.63, 3.8) is 0 Å². The predicted molar refractivity (Wildman–Crippen MR) is 168 cm³/mol. The quantitative estimate of drug-likeness (QED) is 0.133. The van der Waals surface area contributed by atoms with Crippen molar-refractivity contribution in [2.75, 3.05) is 28.4 Å². The second kappa shape index (κ2) is 13.7. The van der Waals surface area contributed by atoms with Crippen LogP contribution in [0.2, 0.25) is 0 Å². The third-order valence-electron chi connectivity index (χ3n) is 6.83. The monoisotopic (exact) mass is 635 g/mol. The summed E-state index contributed by atoms with van der Waals surface area (Å²) < 4.78 is 48.9. The Labute approximate surface area is 260 Å². The lowest BCUT2D eigenvalue weighted by Crippen LogP contribution is -2.19. The molecule has 0 fully saturated rings. The summed E-state index contributed by atoms with van der Waals surface area (Å²) in [6.07, 6.45) is 0. The van der Waals surface area contributed by atoms with E-state index in [1.807, 2.05) is 0 Å². The summed E-state index contributed by atoms with van der Waals surface area (Å²) in [5, 5.41) is 0.106. The molecule has 44 heavy (non-hydrogen) atoms. The van der Waals surface area contributed by atoms with Crippen molar-refractivity contribution in [3.8, 4) is 23.0 Å². The van der Waals surface area contributed by atoms with Crippen molar-refractivity contribution in [3.05, 3.63) is 113 Å². The molecule has 11 heteroatoms. The maximum absolute atomic E-state index is 13.6. The smallest absolute Gasteiger partial charge is 0.268 e. The van der Waals surface area contributed by atoms with Crippen LogP contribution in [-0.4, -0.2) is 51.9 Å². The van der Waals surface area contributed by atoms with E-state index in [4.69, 9.17) is 30.5 Å². The lowest BCUT2D eigenvalue weighted by Gasteiger charge is -2.15. The molecule has 4 aromatic carbocycles. The number of hydrogen-bond acceptors (Lipinski definition) is 8. The number of para-hydroxylation sites is 1. The molecule has 0 aliphatic rings. The highest BCUT2D eigenvalue weighted by molar-refractivity contribution is 7.90. The van der Waals surface area contributed by atoms with E-state index >= 15 is 0 Å². The molecule has 0 bridgehead atoms. The minimum atomic E-state index is -4.02. The van der Waals surface area contributed by atoms with Gasteiger partial charge < -0.3 is 18.9 Å². The number of halogens is 1. The van der Waals surface area contributed by atoms with Gasteiger partial charge in [0.15, 0.2) is 0 Å². The van der Waals surface area contributed by atoms with Crippen LogP contribution in [0.4, 0.5) is 0 Å². The average molecular weight is 636 g/mol. The topological polar surface area (TPSA) is 110 Å². The van der Waals surface area contributed by atoms with Crippen LogP contribution in [0.15, 0.2) is 95.9 Å². The van der Waals surface area contributed by atoms with Crippen LogP contribution < -0.4 is 18.9 Å². The lowest BCUT2D eigenvalue weighted by molar-refractivity contribution is 0.102. The van der Waals surface area contributed by atoms with Gasteiger partial charge in [0.2, 0.25) is 5.78 Å². The van der Waals surface area contributed by atoms with E-state index in [2.05, 4.69) is 0 Å². The van der Waals surface area contributed by atoms with Gasteiger partial charge in [0.25, 0.3) is 15.3 Å². The Morgan fingerprint density at radius 3 is 1.95 bits per heavy atom. The SMILES string of the molecule is COc1ccc(C(=O)Cl)c(OC)c1.COc1ccc(C(=O)c2cc3ccccc3n2S(=O)(=O)c2ccccc2)c(OC)c1C. The number of carbonyl (C=O) groups is 2. The first-order valence-electron chi connectivity index (χ1n) is 13.2. The average Bonchev–Trinajstić information content (AvgIpc) is 3.45. The molecule has 1 aromatic heterocycles. The third-order valence-corrected chi connectivity index (χ3v) is 8.77. The molecule has 0 aliphatic carbocycles.